The molecule has 3 heterocycles. The van der Waals surface area contributed by atoms with Gasteiger partial charge in [0.25, 0.3) is 5.24 Å². The molecule has 6 rings (SSSR count). The summed E-state index contributed by atoms with van der Waals surface area (Å²) in [5.74, 6) is 1.24. The molecule has 0 aliphatic carbocycles. The molecule has 8 heteroatoms. The summed E-state index contributed by atoms with van der Waals surface area (Å²) in [6.45, 7) is 1.76. The molecule has 1 amide bonds. The van der Waals surface area contributed by atoms with Crippen LogP contribution in [0.2, 0.25) is 0 Å². The molecule has 0 saturated carbocycles. The molecule has 1 unspecified atom stereocenters. The van der Waals surface area contributed by atoms with E-state index in [4.69, 9.17) is 8.83 Å². The van der Waals surface area contributed by atoms with E-state index in [1.807, 2.05) is 66.7 Å². The van der Waals surface area contributed by atoms with Crippen LogP contribution in [-0.4, -0.2) is 20.4 Å². The molecule has 1 saturated heterocycles. The summed E-state index contributed by atoms with van der Waals surface area (Å²) in [7, 11) is 0. The largest absolute Gasteiger partial charge is 0.457 e. The molecule has 0 spiro atoms. The highest BCUT2D eigenvalue weighted by Crippen LogP contribution is 2.41. The first-order valence-electron chi connectivity index (χ1n) is 11.6. The molecule has 182 valence electrons. The van der Waals surface area contributed by atoms with Gasteiger partial charge in [0.2, 0.25) is 11.0 Å². The summed E-state index contributed by atoms with van der Waals surface area (Å²) in [4.78, 5) is 28.2. The number of benzene rings is 3. The summed E-state index contributed by atoms with van der Waals surface area (Å²) in [5.41, 5.74) is 4.24. The van der Waals surface area contributed by atoms with Gasteiger partial charge in [-0.25, -0.2) is 4.98 Å². The van der Waals surface area contributed by atoms with Crippen molar-refractivity contribution in [2.75, 3.05) is 0 Å². The number of nitrogens with one attached hydrogen (secondary N) is 1. The molecule has 1 aliphatic rings. The number of amides is 1. The molecule has 2 aromatic heterocycles. The van der Waals surface area contributed by atoms with Crippen molar-refractivity contribution in [3.63, 3.8) is 0 Å². The Labute approximate surface area is 215 Å². The number of fused-ring (bicyclic) bond motifs is 1. The van der Waals surface area contributed by atoms with Crippen molar-refractivity contribution >= 4 is 39.2 Å². The van der Waals surface area contributed by atoms with Crippen LogP contribution < -0.4 is 5.32 Å². The number of carbonyl (C=O) groups is 2. The van der Waals surface area contributed by atoms with Crippen LogP contribution in [0.15, 0.2) is 93.4 Å². The van der Waals surface area contributed by atoms with Gasteiger partial charge in [0.1, 0.15) is 22.8 Å². The average molecular weight is 509 g/mol. The minimum Gasteiger partial charge on any atom is -0.457 e. The molecule has 1 atom stereocenters. The van der Waals surface area contributed by atoms with Gasteiger partial charge in [0.05, 0.1) is 5.70 Å². The Morgan fingerprint density at radius 3 is 2.32 bits per heavy atom. The van der Waals surface area contributed by atoms with Gasteiger partial charge >= 0.3 is 0 Å². The third kappa shape index (κ3) is 4.26. The van der Waals surface area contributed by atoms with Gasteiger partial charge in [-0.3, -0.25) is 9.59 Å². The molecule has 37 heavy (non-hydrogen) atoms. The average Bonchev–Trinajstić information content (AvgIpc) is 3.58. The molecule has 0 radical (unpaired) electrons. The molecule has 1 fully saturated rings. The van der Waals surface area contributed by atoms with Crippen molar-refractivity contribution in [1.82, 2.24) is 10.3 Å². The van der Waals surface area contributed by atoms with Crippen LogP contribution in [0.3, 0.4) is 0 Å². The fraction of sp³-hybridized carbons (Fsp3) is 0.0690. The maximum Gasteiger partial charge on any atom is 0.291 e. The minimum atomic E-state index is -1.18. The van der Waals surface area contributed by atoms with Crippen LogP contribution >= 0.6 is 11.8 Å². The lowest BCUT2D eigenvalue weighted by atomic mass is 9.97. The first kappa shape index (κ1) is 23.0. The molecule has 3 aromatic carbocycles. The quantitative estimate of drug-likeness (QED) is 0.262. The highest BCUT2D eigenvalue weighted by Gasteiger charge is 2.29. The van der Waals surface area contributed by atoms with E-state index >= 15 is 0 Å². The molecule has 7 nitrogen and oxygen atoms in total. The van der Waals surface area contributed by atoms with Crippen LogP contribution in [-0.2, 0) is 4.79 Å². The number of nitrogens with zero attached hydrogens (tertiary/aromatic N) is 1. The predicted molar refractivity (Wildman–Crippen MR) is 141 cm³/mol. The second-order valence-corrected chi connectivity index (χ2v) is 9.50. The predicted octanol–water partition coefficient (Wildman–Crippen LogP) is 6.47. The Kier molecular flexibility index (Phi) is 5.75. The molecule has 2 N–H and O–H groups in total. The van der Waals surface area contributed by atoms with Crippen molar-refractivity contribution in [2.45, 2.75) is 13.0 Å². The number of rotatable bonds is 5. The summed E-state index contributed by atoms with van der Waals surface area (Å²) in [6.07, 6.45) is 0.448. The first-order chi connectivity index (χ1) is 18.0. The zero-order valence-corrected chi connectivity index (χ0v) is 20.4. The number of aliphatic hydroxyl groups is 1. The summed E-state index contributed by atoms with van der Waals surface area (Å²) in [5, 5.41) is 14.1. The zero-order chi connectivity index (χ0) is 25.5. The molecule has 1 aliphatic heterocycles. The molecular formula is C29H20N2O5S. The molecule has 0 bridgehead atoms. The highest BCUT2D eigenvalue weighted by atomic mass is 32.2. The Morgan fingerprint density at radius 2 is 1.65 bits per heavy atom. The number of aliphatic hydroxyl groups excluding tert-OH is 1. The van der Waals surface area contributed by atoms with Gasteiger partial charge in [-0.15, -0.1) is 0 Å². The van der Waals surface area contributed by atoms with Gasteiger partial charge in [-0.1, -0.05) is 54.6 Å². The fourth-order valence-corrected chi connectivity index (χ4v) is 4.95. The number of hydrogen-bond donors (Lipinski definition) is 2. The van der Waals surface area contributed by atoms with Gasteiger partial charge in [0, 0.05) is 28.3 Å². The maximum absolute atomic E-state index is 12.1. The third-order valence-electron chi connectivity index (χ3n) is 6.12. The van der Waals surface area contributed by atoms with Gasteiger partial charge in [0.15, 0.2) is 6.10 Å². The third-order valence-corrected chi connectivity index (χ3v) is 6.81. The summed E-state index contributed by atoms with van der Waals surface area (Å²) in [6, 6.07) is 24.6. The Morgan fingerprint density at radius 1 is 0.946 bits per heavy atom. The van der Waals surface area contributed by atoms with Crippen molar-refractivity contribution in [2.24, 2.45) is 0 Å². The van der Waals surface area contributed by atoms with E-state index in [9.17, 15) is 14.7 Å². The summed E-state index contributed by atoms with van der Waals surface area (Å²) < 4.78 is 12.1. The van der Waals surface area contributed by atoms with Crippen molar-refractivity contribution in [3.05, 3.63) is 107 Å². The van der Waals surface area contributed by atoms with Gasteiger partial charge in [-0.2, -0.15) is 0 Å². The SMILES string of the molecule is Cc1oc(-c2ccccc2)nc1C(O)c1oc2ccc(C=C3NC(=O)SC3=O)cc2c1-c1ccccc1. The lowest BCUT2D eigenvalue weighted by molar-refractivity contribution is -0.107. The molecular weight excluding hydrogens is 488 g/mol. The standard InChI is InChI=1S/C29H20N2O5S/c1-16-24(31-27(35-16)19-10-6-3-7-11-19)25(32)26-23(18-8-4-2-5-9-18)20-14-17(12-13-22(20)36-26)15-21-28(33)37-29(34)30-21/h2-15,25,32H,1H3,(H,30,34). The molecule has 5 aromatic rings. The second kappa shape index (κ2) is 9.24. The summed E-state index contributed by atoms with van der Waals surface area (Å²) >= 11 is 0.634. The Bertz CT molecular complexity index is 1690. The van der Waals surface area contributed by atoms with Crippen molar-refractivity contribution < 1.29 is 23.5 Å². The van der Waals surface area contributed by atoms with E-state index in [1.54, 1.807) is 25.1 Å². The number of thioether (sulfide) groups is 1. The van der Waals surface area contributed by atoms with E-state index in [-0.39, 0.29) is 10.8 Å². The van der Waals surface area contributed by atoms with Crippen LogP contribution in [0.5, 0.6) is 0 Å². The number of furan rings is 1. The minimum absolute atomic E-state index is 0.228. The van der Waals surface area contributed by atoms with Crippen molar-refractivity contribution in [1.29, 1.82) is 0 Å². The number of aromatic nitrogens is 1. The van der Waals surface area contributed by atoms with Crippen LogP contribution in [0.1, 0.15) is 28.9 Å². The normalized spacial score (nSPS) is 15.5. The fourth-order valence-electron chi connectivity index (χ4n) is 4.40. The number of aryl methyl sites for hydroxylation is 1. The van der Waals surface area contributed by atoms with E-state index in [0.717, 1.165) is 16.5 Å². The zero-order valence-electron chi connectivity index (χ0n) is 19.6. The smallest absolute Gasteiger partial charge is 0.291 e. The second-order valence-electron chi connectivity index (χ2n) is 8.55. The monoisotopic (exact) mass is 508 g/mol. The van der Waals surface area contributed by atoms with Crippen molar-refractivity contribution in [3.8, 4) is 22.6 Å². The van der Waals surface area contributed by atoms with Gasteiger partial charge in [-0.05, 0) is 48.4 Å². The van der Waals surface area contributed by atoms with Gasteiger partial charge < -0.3 is 19.3 Å². The number of oxazole rings is 1. The van der Waals surface area contributed by atoms with E-state index < -0.39 is 11.3 Å². The van der Waals surface area contributed by atoms with E-state index in [1.165, 1.54) is 0 Å². The lowest BCUT2D eigenvalue weighted by Crippen LogP contribution is -2.10. The lowest BCUT2D eigenvalue weighted by Gasteiger charge is -2.09. The van der Waals surface area contributed by atoms with E-state index in [2.05, 4.69) is 10.3 Å². The maximum atomic E-state index is 12.1. The van der Waals surface area contributed by atoms with E-state index in [0.29, 0.717) is 51.6 Å². The Balaban J connectivity index is 1.48. The van der Waals surface area contributed by atoms with Crippen LogP contribution in [0.25, 0.3) is 39.6 Å². The number of carbonyl (C=O) groups excluding carboxylic acids is 2. The Hall–Kier alpha value is -4.40. The van der Waals surface area contributed by atoms with Crippen LogP contribution in [0, 0.1) is 6.92 Å². The topological polar surface area (TPSA) is 106 Å². The van der Waals surface area contributed by atoms with Crippen LogP contribution in [0.4, 0.5) is 4.79 Å². The highest BCUT2D eigenvalue weighted by molar-refractivity contribution is 8.27. The number of hydrogen-bond acceptors (Lipinski definition) is 7. The first-order valence-corrected chi connectivity index (χ1v) is 12.4.